The van der Waals surface area contributed by atoms with Gasteiger partial charge in [0.2, 0.25) is 0 Å². The molecule has 0 aliphatic heterocycles. The van der Waals surface area contributed by atoms with E-state index in [0.29, 0.717) is 11.3 Å². The second kappa shape index (κ2) is 3.95. The van der Waals surface area contributed by atoms with Crippen LogP contribution >= 0.6 is 0 Å². The molecule has 0 aliphatic carbocycles. The van der Waals surface area contributed by atoms with E-state index >= 15 is 0 Å². The molecule has 5 heteroatoms. The lowest BCUT2D eigenvalue weighted by molar-refractivity contribution is 0.845. The molecule has 0 atom stereocenters. The summed E-state index contributed by atoms with van der Waals surface area (Å²) in [7, 11) is 0. The van der Waals surface area contributed by atoms with Crippen LogP contribution in [-0.2, 0) is 0 Å². The van der Waals surface area contributed by atoms with Gasteiger partial charge in [0, 0.05) is 0 Å². The highest BCUT2D eigenvalue weighted by atomic mass is 16.1. The molecule has 1 rings (SSSR count). The summed E-state index contributed by atoms with van der Waals surface area (Å²) in [5.41, 5.74) is 12.3. The molecule has 76 valence electrons. The van der Waals surface area contributed by atoms with Gasteiger partial charge < -0.3 is 11.5 Å². The van der Waals surface area contributed by atoms with E-state index in [1.807, 2.05) is 13.8 Å². The van der Waals surface area contributed by atoms with Gasteiger partial charge in [0.05, 0.1) is 17.4 Å². The summed E-state index contributed by atoms with van der Waals surface area (Å²) in [5, 5.41) is 5.92. The highest BCUT2D eigenvalue weighted by Crippen LogP contribution is 2.22. The van der Waals surface area contributed by atoms with Gasteiger partial charge in [-0.2, -0.15) is 5.10 Å². The number of rotatable bonds is 2. The molecule has 0 radical (unpaired) electrons. The van der Waals surface area contributed by atoms with Crippen molar-refractivity contribution in [3.8, 4) is 0 Å². The Kier molecular flexibility index (Phi) is 2.91. The number of allylic oxidation sites excluding steroid dienone is 1. The van der Waals surface area contributed by atoms with Crippen molar-refractivity contribution >= 4 is 11.3 Å². The van der Waals surface area contributed by atoms with Crippen LogP contribution in [0.1, 0.15) is 19.4 Å². The number of aromatic nitrogens is 2. The number of nitrogens with one attached hydrogen (secondary N) is 1. The molecule has 14 heavy (non-hydrogen) atoms. The van der Waals surface area contributed by atoms with E-state index in [1.54, 1.807) is 0 Å². The third-order valence-electron chi connectivity index (χ3n) is 1.98. The molecule has 0 saturated carbocycles. The number of nitrogen functional groups attached to an aromatic ring is 1. The molecule has 0 bridgehead atoms. The monoisotopic (exact) mass is 194 g/mol. The van der Waals surface area contributed by atoms with Crippen molar-refractivity contribution in [2.45, 2.75) is 13.8 Å². The minimum absolute atomic E-state index is 0.144. The van der Waals surface area contributed by atoms with Crippen molar-refractivity contribution in [3.05, 3.63) is 28.3 Å². The van der Waals surface area contributed by atoms with Crippen LogP contribution < -0.4 is 17.0 Å². The zero-order chi connectivity index (χ0) is 10.7. The van der Waals surface area contributed by atoms with Crippen molar-refractivity contribution in [1.82, 2.24) is 10.2 Å². The van der Waals surface area contributed by atoms with Crippen LogP contribution in [0.25, 0.3) is 5.57 Å². The minimum Gasteiger partial charge on any atom is -0.404 e. The van der Waals surface area contributed by atoms with E-state index in [0.717, 1.165) is 5.57 Å². The zero-order valence-electron chi connectivity index (χ0n) is 8.24. The Morgan fingerprint density at radius 1 is 1.64 bits per heavy atom. The van der Waals surface area contributed by atoms with E-state index in [9.17, 15) is 4.79 Å². The van der Waals surface area contributed by atoms with Crippen LogP contribution in [-0.4, -0.2) is 10.2 Å². The summed E-state index contributed by atoms with van der Waals surface area (Å²) in [6, 6.07) is 0. The second-order valence-electron chi connectivity index (χ2n) is 3.31. The highest BCUT2D eigenvalue weighted by Gasteiger charge is 2.13. The summed E-state index contributed by atoms with van der Waals surface area (Å²) in [5.74, 6) is 0.144. The predicted octanol–water partition coefficient (Wildman–Crippen LogP) is 0.308. The van der Waals surface area contributed by atoms with Crippen LogP contribution in [0, 0.1) is 5.92 Å². The lowest BCUT2D eigenvalue weighted by atomic mass is 9.97. The van der Waals surface area contributed by atoms with Crippen LogP contribution in [0.15, 0.2) is 17.2 Å². The quantitative estimate of drug-likeness (QED) is 0.631. The molecule has 0 saturated heterocycles. The third kappa shape index (κ3) is 1.76. The first-order chi connectivity index (χ1) is 6.57. The maximum atomic E-state index is 11.5. The van der Waals surface area contributed by atoms with E-state index < -0.39 is 0 Å². The van der Waals surface area contributed by atoms with Crippen molar-refractivity contribution in [2.75, 3.05) is 5.73 Å². The average molecular weight is 194 g/mol. The van der Waals surface area contributed by atoms with Crippen molar-refractivity contribution in [1.29, 1.82) is 0 Å². The van der Waals surface area contributed by atoms with Gasteiger partial charge in [0.15, 0.2) is 0 Å². The normalized spacial score (nSPS) is 12.1. The molecule has 5 N–H and O–H groups in total. The molecule has 0 unspecified atom stereocenters. The number of anilines is 1. The van der Waals surface area contributed by atoms with Gasteiger partial charge in [-0.1, -0.05) is 13.8 Å². The fourth-order valence-corrected chi connectivity index (χ4v) is 1.27. The van der Waals surface area contributed by atoms with E-state index in [2.05, 4.69) is 10.2 Å². The van der Waals surface area contributed by atoms with Crippen LogP contribution in [0.2, 0.25) is 0 Å². The molecule has 1 aromatic rings. The molecule has 0 aromatic carbocycles. The van der Waals surface area contributed by atoms with Gasteiger partial charge in [0.25, 0.3) is 5.56 Å². The van der Waals surface area contributed by atoms with Gasteiger partial charge >= 0.3 is 0 Å². The average Bonchev–Trinajstić information content (AvgIpc) is 2.10. The minimum atomic E-state index is -0.310. The maximum absolute atomic E-state index is 11.5. The number of H-pyrrole nitrogens is 1. The molecule has 0 fully saturated rings. The molecule has 0 spiro atoms. The topological polar surface area (TPSA) is 97.8 Å². The van der Waals surface area contributed by atoms with Crippen LogP contribution in [0.5, 0.6) is 0 Å². The lowest BCUT2D eigenvalue weighted by Crippen LogP contribution is -2.18. The standard InChI is InChI=1S/C9H14N4O/c1-5(2)6(3-10)8-7(11)4-12-13-9(8)14/h3-5H,10H2,1-2H3,(H3,11,13,14)/b6-3-. The fraction of sp³-hybridized carbons (Fsp3) is 0.333. The number of hydrogen-bond acceptors (Lipinski definition) is 4. The number of hydrogen-bond donors (Lipinski definition) is 3. The van der Waals surface area contributed by atoms with Crippen molar-refractivity contribution < 1.29 is 0 Å². The Morgan fingerprint density at radius 2 is 2.29 bits per heavy atom. The molecular weight excluding hydrogens is 180 g/mol. The summed E-state index contributed by atoms with van der Waals surface area (Å²) >= 11 is 0. The van der Waals surface area contributed by atoms with Gasteiger partial charge in [-0.15, -0.1) is 0 Å². The Morgan fingerprint density at radius 3 is 2.71 bits per heavy atom. The van der Waals surface area contributed by atoms with Crippen molar-refractivity contribution in [2.24, 2.45) is 11.7 Å². The number of nitrogens with two attached hydrogens (primary N) is 2. The first kappa shape index (κ1) is 10.3. The molecular formula is C9H14N4O. The predicted molar refractivity (Wildman–Crippen MR) is 56.3 cm³/mol. The Balaban J connectivity index is 3.38. The first-order valence-corrected chi connectivity index (χ1v) is 4.33. The van der Waals surface area contributed by atoms with Crippen molar-refractivity contribution in [3.63, 3.8) is 0 Å². The van der Waals surface area contributed by atoms with E-state index in [1.165, 1.54) is 12.4 Å². The summed E-state index contributed by atoms with van der Waals surface area (Å²) in [6.07, 6.45) is 2.81. The highest BCUT2D eigenvalue weighted by molar-refractivity contribution is 5.74. The lowest BCUT2D eigenvalue weighted by Gasteiger charge is -2.11. The number of aromatic amines is 1. The van der Waals surface area contributed by atoms with Crippen LogP contribution in [0.4, 0.5) is 5.69 Å². The third-order valence-corrected chi connectivity index (χ3v) is 1.98. The van der Waals surface area contributed by atoms with Gasteiger partial charge in [-0.3, -0.25) is 4.79 Å². The van der Waals surface area contributed by atoms with Crippen LogP contribution in [0.3, 0.4) is 0 Å². The van der Waals surface area contributed by atoms with Gasteiger partial charge in [-0.05, 0) is 17.7 Å². The number of nitrogens with zero attached hydrogens (tertiary/aromatic N) is 1. The first-order valence-electron chi connectivity index (χ1n) is 4.33. The largest absolute Gasteiger partial charge is 0.404 e. The SMILES string of the molecule is CC(C)/C(=C/N)c1c(N)cn[nH]c1=O. The van der Waals surface area contributed by atoms with E-state index in [4.69, 9.17) is 11.5 Å². The van der Waals surface area contributed by atoms with Gasteiger partial charge in [0.1, 0.15) is 0 Å². The summed E-state index contributed by atoms with van der Waals surface area (Å²) in [4.78, 5) is 11.5. The van der Waals surface area contributed by atoms with E-state index in [-0.39, 0.29) is 11.5 Å². The fourth-order valence-electron chi connectivity index (χ4n) is 1.27. The Bertz CT molecular complexity index is 406. The molecule has 5 nitrogen and oxygen atoms in total. The second-order valence-corrected chi connectivity index (χ2v) is 3.31. The van der Waals surface area contributed by atoms with Gasteiger partial charge in [-0.25, -0.2) is 5.10 Å². The smallest absolute Gasteiger partial charge is 0.273 e. The summed E-state index contributed by atoms with van der Waals surface area (Å²) in [6.45, 7) is 3.88. The Labute approximate surface area is 81.8 Å². The summed E-state index contributed by atoms with van der Waals surface area (Å²) < 4.78 is 0. The molecule has 1 aromatic heterocycles. The maximum Gasteiger partial charge on any atom is 0.273 e. The Hall–Kier alpha value is -1.78. The zero-order valence-corrected chi connectivity index (χ0v) is 8.24. The molecule has 0 amide bonds. The molecule has 0 aliphatic rings. The molecule has 1 heterocycles.